The summed E-state index contributed by atoms with van der Waals surface area (Å²) < 4.78 is 2.53. The highest BCUT2D eigenvalue weighted by Crippen LogP contribution is 2.14. The maximum atomic E-state index is 12.4. The molecule has 0 spiro atoms. The Balaban J connectivity index is 1.92. The largest absolute Gasteiger partial charge is 0.298 e. The molecule has 20 heavy (non-hydrogen) atoms. The molecule has 0 saturated carbocycles. The summed E-state index contributed by atoms with van der Waals surface area (Å²) in [6.07, 6.45) is 5.91. The highest BCUT2D eigenvalue weighted by atomic mass is 79.9. The molecule has 0 N–H and O–H groups in total. The fourth-order valence-electron chi connectivity index (χ4n) is 2.09. The lowest BCUT2D eigenvalue weighted by atomic mass is 10.2. The van der Waals surface area contributed by atoms with E-state index >= 15 is 0 Å². The molecule has 3 rings (SSSR count). The number of aromatic nitrogens is 3. The lowest BCUT2D eigenvalue weighted by molar-refractivity contribution is 0.662. The number of benzene rings is 1. The van der Waals surface area contributed by atoms with Gasteiger partial charge in [-0.05, 0) is 42.3 Å². The van der Waals surface area contributed by atoms with Crippen molar-refractivity contribution in [2.24, 2.45) is 0 Å². The van der Waals surface area contributed by atoms with E-state index in [1.54, 1.807) is 23.3 Å². The van der Waals surface area contributed by atoms with Crippen LogP contribution in [-0.4, -0.2) is 14.5 Å². The van der Waals surface area contributed by atoms with Crippen LogP contribution in [0.15, 0.2) is 58.3 Å². The van der Waals surface area contributed by atoms with Crippen molar-refractivity contribution in [3.63, 3.8) is 0 Å². The summed E-state index contributed by atoms with van der Waals surface area (Å²) in [6, 6.07) is 9.45. The molecule has 3 aromatic rings. The first-order valence-corrected chi connectivity index (χ1v) is 7.07. The van der Waals surface area contributed by atoms with Gasteiger partial charge in [0.15, 0.2) is 0 Å². The molecule has 0 fully saturated rings. The van der Waals surface area contributed by atoms with Crippen LogP contribution in [0.25, 0.3) is 10.9 Å². The second-order valence-corrected chi connectivity index (χ2v) is 5.43. The van der Waals surface area contributed by atoms with Crippen molar-refractivity contribution >= 4 is 26.8 Å². The van der Waals surface area contributed by atoms with Crippen molar-refractivity contribution in [3.05, 3.63) is 69.4 Å². The first-order valence-electron chi connectivity index (χ1n) is 6.27. The number of halogens is 1. The molecule has 0 aliphatic carbocycles. The second kappa shape index (κ2) is 5.54. The molecule has 1 aromatic carbocycles. The maximum Gasteiger partial charge on any atom is 0.261 e. The molecular formula is C15H12BrN3O. The summed E-state index contributed by atoms with van der Waals surface area (Å²) in [6.45, 7) is 0.609. The van der Waals surface area contributed by atoms with E-state index < -0.39 is 0 Å². The van der Waals surface area contributed by atoms with Gasteiger partial charge in [0.1, 0.15) is 0 Å². The van der Waals surface area contributed by atoms with Crippen molar-refractivity contribution in [1.82, 2.24) is 14.5 Å². The summed E-state index contributed by atoms with van der Waals surface area (Å²) in [5, 5.41) is 0.636. The molecule has 0 unspecified atom stereocenters. The molecule has 0 atom stereocenters. The molecule has 2 heterocycles. The Kier molecular flexibility index (Phi) is 3.60. The van der Waals surface area contributed by atoms with Gasteiger partial charge in [0.2, 0.25) is 0 Å². The van der Waals surface area contributed by atoms with Crippen molar-refractivity contribution in [1.29, 1.82) is 0 Å². The van der Waals surface area contributed by atoms with Gasteiger partial charge in [-0.15, -0.1) is 0 Å². The zero-order valence-corrected chi connectivity index (χ0v) is 12.2. The van der Waals surface area contributed by atoms with Gasteiger partial charge in [-0.25, -0.2) is 4.98 Å². The van der Waals surface area contributed by atoms with Gasteiger partial charge >= 0.3 is 0 Å². The van der Waals surface area contributed by atoms with Gasteiger partial charge in [-0.1, -0.05) is 15.9 Å². The first-order chi connectivity index (χ1) is 9.74. The van der Waals surface area contributed by atoms with E-state index in [1.165, 1.54) is 0 Å². The van der Waals surface area contributed by atoms with Gasteiger partial charge in [-0.2, -0.15) is 0 Å². The molecule has 0 bridgehead atoms. The highest BCUT2D eigenvalue weighted by Gasteiger charge is 2.04. The van der Waals surface area contributed by atoms with E-state index in [0.29, 0.717) is 11.9 Å². The molecule has 5 heteroatoms. The molecule has 100 valence electrons. The van der Waals surface area contributed by atoms with Crippen LogP contribution < -0.4 is 5.56 Å². The quantitative estimate of drug-likeness (QED) is 0.742. The van der Waals surface area contributed by atoms with E-state index in [9.17, 15) is 4.79 Å². The van der Waals surface area contributed by atoms with Crippen LogP contribution in [0, 0.1) is 0 Å². The Morgan fingerprint density at radius 3 is 2.75 bits per heavy atom. The van der Waals surface area contributed by atoms with Crippen LogP contribution in [0.2, 0.25) is 0 Å². The second-order valence-electron chi connectivity index (χ2n) is 4.51. The van der Waals surface area contributed by atoms with Crippen LogP contribution in [0.1, 0.15) is 5.56 Å². The Morgan fingerprint density at radius 1 is 1.15 bits per heavy atom. The lowest BCUT2D eigenvalue weighted by Crippen LogP contribution is -2.21. The van der Waals surface area contributed by atoms with Crippen LogP contribution in [0.4, 0.5) is 0 Å². The predicted molar refractivity (Wildman–Crippen MR) is 81.6 cm³/mol. The number of hydrogen-bond donors (Lipinski definition) is 0. The molecule has 0 radical (unpaired) electrons. The number of aryl methyl sites for hydroxylation is 2. The van der Waals surface area contributed by atoms with Crippen molar-refractivity contribution in [3.8, 4) is 0 Å². The number of nitrogens with zero attached hydrogens (tertiary/aromatic N) is 3. The van der Waals surface area contributed by atoms with Gasteiger partial charge in [0, 0.05) is 23.4 Å². The molecular weight excluding hydrogens is 318 g/mol. The number of rotatable bonds is 3. The fraction of sp³-hybridized carbons (Fsp3) is 0.133. The van der Waals surface area contributed by atoms with Crippen molar-refractivity contribution < 1.29 is 0 Å². The van der Waals surface area contributed by atoms with E-state index in [-0.39, 0.29) is 5.56 Å². The van der Waals surface area contributed by atoms with E-state index in [0.717, 1.165) is 22.0 Å². The molecule has 2 aromatic heterocycles. The third-order valence-corrected chi connectivity index (χ3v) is 3.67. The maximum absolute atomic E-state index is 12.4. The monoisotopic (exact) mass is 329 g/mol. The van der Waals surface area contributed by atoms with Crippen LogP contribution in [-0.2, 0) is 13.0 Å². The number of pyridine rings is 1. The van der Waals surface area contributed by atoms with Crippen LogP contribution in [0.5, 0.6) is 0 Å². The van der Waals surface area contributed by atoms with E-state index in [1.807, 2.05) is 30.3 Å². The Labute approximate surface area is 124 Å². The van der Waals surface area contributed by atoms with E-state index in [2.05, 4.69) is 25.9 Å². The summed E-state index contributed by atoms with van der Waals surface area (Å²) in [7, 11) is 0. The Morgan fingerprint density at radius 2 is 1.95 bits per heavy atom. The minimum Gasteiger partial charge on any atom is -0.298 e. The predicted octanol–water partition coefficient (Wildman–Crippen LogP) is 2.80. The minimum atomic E-state index is -0.00893. The highest BCUT2D eigenvalue weighted by molar-refractivity contribution is 9.10. The lowest BCUT2D eigenvalue weighted by Gasteiger charge is -2.06. The van der Waals surface area contributed by atoms with Gasteiger partial charge in [0.25, 0.3) is 5.56 Å². The number of fused-ring (bicyclic) bond motifs is 1. The smallest absolute Gasteiger partial charge is 0.261 e. The van der Waals surface area contributed by atoms with Gasteiger partial charge < -0.3 is 0 Å². The summed E-state index contributed by atoms with van der Waals surface area (Å²) >= 11 is 3.38. The number of hydrogen-bond acceptors (Lipinski definition) is 3. The third kappa shape index (κ3) is 2.63. The Hall–Kier alpha value is -2.01. The van der Waals surface area contributed by atoms with Gasteiger partial charge in [0.05, 0.1) is 17.2 Å². The van der Waals surface area contributed by atoms with Gasteiger partial charge in [-0.3, -0.25) is 14.3 Å². The molecule has 0 aliphatic rings. The summed E-state index contributed by atoms with van der Waals surface area (Å²) in [4.78, 5) is 20.7. The van der Waals surface area contributed by atoms with Crippen LogP contribution >= 0.6 is 15.9 Å². The summed E-state index contributed by atoms with van der Waals surface area (Å²) in [5.41, 5.74) is 1.87. The normalized spacial score (nSPS) is 10.8. The molecule has 4 nitrogen and oxygen atoms in total. The van der Waals surface area contributed by atoms with Crippen molar-refractivity contribution in [2.45, 2.75) is 13.0 Å². The standard InChI is InChI=1S/C15H12BrN3O/c16-12-1-2-14-13(9-12)15(20)19(10-18-14)8-5-11-3-6-17-7-4-11/h1-4,6-7,9-10H,5,8H2. The average molecular weight is 330 g/mol. The molecule has 0 saturated heterocycles. The van der Waals surface area contributed by atoms with Crippen molar-refractivity contribution in [2.75, 3.05) is 0 Å². The zero-order valence-electron chi connectivity index (χ0n) is 10.7. The third-order valence-electron chi connectivity index (χ3n) is 3.18. The topological polar surface area (TPSA) is 47.8 Å². The van der Waals surface area contributed by atoms with E-state index in [4.69, 9.17) is 0 Å². The average Bonchev–Trinajstić information content (AvgIpc) is 2.48. The SMILES string of the molecule is O=c1c2cc(Br)ccc2ncn1CCc1ccncc1. The molecule has 0 amide bonds. The fourth-order valence-corrected chi connectivity index (χ4v) is 2.45. The Bertz CT molecular complexity index is 799. The minimum absolute atomic E-state index is 0.00893. The summed E-state index contributed by atoms with van der Waals surface area (Å²) in [5.74, 6) is 0. The zero-order chi connectivity index (χ0) is 13.9. The molecule has 0 aliphatic heterocycles. The first kappa shape index (κ1) is 13.0. The van der Waals surface area contributed by atoms with Crippen LogP contribution in [0.3, 0.4) is 0 Å².